The number of H-pyrrole nitrogens is 1. The number of fused-ring (bicyclic) bond motifs is 1. The smallest absolute Gasteiger partial charge is 0.252 e. The molecule has 0 saturated heterocycles. The van der Waals surface area contributed by atoms with E-state index in [1.807, 2.05) is 16.7 Å². The second-order valence-corrected chi connectivity index (χ2v) is 5.94. The normalized spacial score (nSPS) is 11.1. The highest BCUT2D eigenvalue weighted by Gasteiger charge is 2.10. The Kier molecular flexibility index (Phi) is 4.01. The molecule has 3 rings (SSSR count). The molecule has 0 spiro atoms. The monoisotopic (exact) mass is 318 g/mol. The highest BCUT2D eigenvalue weighted by Crippen LogP contribution is 2.31. The van der Waals surface area contributed by atoms with Gasteiger partial charge >= 0.3 is 0 Å². The van der Waals surface area contributed by atoms with E-state index < -0.39 is 0 Å². The van der Waals surface area contributed by atoms with Gasteiger partial charge in [0.2, 0.25) is 0 Å². The first-order chi connectivity index (χ1) is 10.2. The summed E-state index contributed by atoms with van der Waals surface area (Å²) in [5.74, 6) is 0. The van der Waals surface area contributed by atoms with Crippen LogP contribution in [0.25, 0.3) is 21.3 Å². The van der Waals surface area contributed by atoms with Crippen LogP contribution in [0.5, 0.6) is 0 Å². The SMILES string of the molecule is COCCn1c(-c2cccc3sccc23)cc(=O)[nH]c1=S. The molecule has 0 unspecified atom stereocenters. The van der Waals surface area contributed by atoms with Crippen LogP contribution in [-0.4, -0.2) is 23.3 Å². The fraction of sp³-hybridized carbons (Fsp3) is 0.200. The van der Waals surface area contributed by atoms with Crippen LogP contribution in [0, 0.1) is 4.77 Å². The zero-order valence-electron chi connectivity index (χ0n) is 11.5. The molecule has 2 heterocycles. The minimum atomic E-state index is -0.184. The third-order valence-electron chi connectivity index (χ3n) is 3.32. The molecule has 0 radical (unpaired) electrons. The molecule has 0 saturated carbocycles. The van der Waals surface area contributed by atoms with E-state index in [1.165, 1.54) is 4.70 Å². The summed E-state index contributed by atoms with van der Waals surface area (Å²) < 4.78 is 8.66. The van der Waals surface area contributed by atoms with Gasteiger partial charge in [0, 0.05) is 35.4 Å². The Morgan fingerprint density at radius 2 is 2.24 bits per heavy atom. The highest BCUT2D eigenvalue weighted by molar-refractivity contribution is 7.71. The summed E-state index contributed by atoms with van der Waals surface area (Å²) in [5, 5.41) is 3.18. The molecule has 0 atom stereocenters. The highest BCUT2D eigenvalue weighted by atomic mass is 32.1. The summed E-state index contributed by atoms with van der Waals surface area (Å²) in [6, 6.07) is 9.75. The minimum absolute atomic E-state index is 0.184. The number of thiophene rings is 1. The topological polar surface area (TPSA) is 47.0 Å². The molecule has 0 aliphatic rings. The molecular formula is C15H14N2O2S2. The number of nitrogens with one attached hydrogen (secondary N) is 1. The van der Waals surface area contributed by atoms with Crippen molar-refractivity contribution in [3.63, 3.8) is 0 Å². The molecule has 3 aromatic rings. The van der Waals surface area contributed by atoms with E-state index in [4.69, 9.17) is 17.0 Å². The average molecular weight is 318 g/mol. The zero-order chi connectivity index (χ0) is 14.8. The molecule has 0 bridgehead atoms. The quantitative estimate of drug-likeness (QED) is 0.750. The van der Waals surface area contributed by atoms with Gasteiger partial charge in [-0.2, -0.15) is 0 Å². The average Bonchev–Trinajstić information content (AvgIpc) is 2.94. The van der Waals surface area contributed by atoms with E-state index in [0.29, 0.717) is 17.9 Å². The first-order valence-electron chi connectivity index (χ1n) is 6.50. The molecule has 108 valence electrons. The first kappa shape index (κ1) is 14.2. The molecular weight excluding hydrogens is 304 g/mol. The lowest BCUT2D eigenvalue weighted by molar-refractivity contribution is 0.187. The van der Waals surface area contributed by atoms with E-state index in [9.17, 15) is 4.79 Å². The van der Waals surface area contributed by atoms with Crippen LogP contribution < -0.4 is 5.56 Å². The Hall–Kier alpha value is -1.76. The van der Waals surface area contributed by atoms with Crippen molar-refractivity contribution in [3.8, 4) is 11.3 Å². The number of aromatic nitrogens is 2. The Labute approximate surface area is 130 Å². The molecule has 4 nitrogen and oxygen atoms in total. The second-order valence-electron chi connectivity index (χ2n) is 4.61. The standard InChI is InChI=1S/C15H14N2O2S2/c1-19-7-6-17-12(9-14(18)16-15(17)20)10-3-2-4-13-11(10)5-8-21-13/h2-5,8-9H,6-7H2,1H3,(H,16,18,20). The lowest BCUT2D eigenvalue weighted by Crippen LogP contribution is -2.16. The Morgan fingerprint density at radius 1 is 1.38 bits per heavy atom. The van der Waals surface area contributed by atoms with Gasteiger partial charge in [0.25, 0.3) is 5.56 Å². The van der Waals surface area contributed by atoms with E-state index in [2.05, 4.69) is 22.5 Å². The van der Waals surface area contributed by atoms with Crippen molar-refractivity contribution in [2.24, 2.45) is 0 Å². The predicted molar refractivity (Wildman–Crippen MR) is 88.6 cm³/mol. The summed E-state index contributed by atoms with van der Waals surface area (Å²) in [5.41, 5.74) is 1.66. The fourth-order valence-corrected chi connectivity index (χ4v) is 3.47. The lowest BCUT2D eigenvalue weighted by atomic mass is 10.1. The maximum absolute atomic E-state index is 11.8. The summed E-state index contributed by atoms with van der Waals surface area (Å²) in [6.07, 6.45) is 0. The molecule has 21 heavy (non-hydrogen) atoms. The van der Waals surface area contributed by atoms with Crippen molar-refractivity contribution < 1.29 is 4.74 Å². The van der Waals surface area contributed by atoms with Gasteiger partial charge in [0.1, 0.15) is 0 Å². The number of aromatic amines is 1. The van der Waals surface area contributed by atoms with E-state index in [0.717, 1.165) is 16.6 Å². The van der Waals surface area contributed by atoms with Gasteiger partial charge in [-0.25, -0.2) is 0 Å². The third-order valence-corrected chi connectivity index (χ3v) is 4.53. The Balaban J connectivity index is 2.28. The number of hydrogen-bond donors (Lipinski definition) is 1. The lowest BCUT2D eigenvalue weighted by Gasteiger charge is -2.14. The minimum Gasteiger partial charge on any atom is -0.383 e. The van der Waals surface area contributed by atoms with Gasteiger partial charge in [-0.05, 0) is 29.7 Å². The number of rotatable bonds is 4. The van der Waals surface area contributed by atoms with Crippen LogP contribution in [0.2, 0.25) is 0 Å². The summed E-state index contributed by atoms with van der Waals surface area (Å²) >= 11 is 6.98. The summed E-state index contributed by atoms with van der Waals surface area (Å²) in [4.78, 5) is 14.5. The summed E-state index contributed by atoms with van der Waals surface area (Å²) in [7, 11) is 1.65. The molecule has 0 aliphatic heterocycles. The Morgan fingerprint density at radius 3 is 3.05 bits per heavy atom. The van der Waals surface area contributed by atoms with Gasteiger partial charge < -0.3 is 9.30 Å². The number of hydrogen-bond acceptors (Lipinski definition) is 4. The second kappa shape index (κ2) is 5.93. The zero-order valence-corrected chi connectivity index (χ0v) is 13.1. The number of nitrogens with zero attached hydrogens (tertiary/aromatic N) is 1. The first-order valence-corrected chi connectivity index (χ1v) is 7.79. The van der Waals surface area contributed by atoms with Crippen LogP contribution >= 0.6 is 23.6 Å². The maximum Gasteiger partial charge on any atom is 0.252 e. The van der Waals surface area contributed by atoms with Crippen molar-refractivity contribution in [1.82, 2.24) is 9.55 Å². The van der Waals surface area contributed by atoms with Gasteiger partial charge in [-0.1, -0.05) is 12.1 Å². The van der Waals surface area contributed by atoms with E-state index in [-0.39, 0.29) is 5.56 Å². The summed E-state index contributed by atoms with van der Waals surface area (Å²) in [6.45, 7) is 1.13. The van der Waals surface area contributed by atoms with Gasteiger partial charge in [-0.3, -0.25) is 9.78 Å². The van der Waals surface area contributed by atoms with Gasteiger partial charge in [-0.15, -0.1) is 11.3 Å². The third kappa shape index (κ3) is 2.70. The van der Waals surface area contributed by atoms with Gasteiger partial charge in [0.15, 0.2) is 4.77 Å². The maximum atomic E-state index is 11.8. The molecule has 6 heteroatoms. The molecule has 1 aromatic carbocycles. The molecule has 0 aliphatic carbocycles. The van der Waals surface area contributed by atoms with Crippen molar-refractivity contribution >= 4 is 33.6 Å². The van der Waals surface area contributed by atoms with Crippen LogP contribution in [0.4, 0.5) is 0 Å². The van der Waals surface area contributed by atoms with E-state index >= 15 is 0 Å². The van der Waals surface area contributed by atoms with Gasteiger partial charge in [0.05, 0.1) is 12.3 Å². The molecule has 0 amide bonds. The molecule has 2 aromatic heterocycles. The van der Waals surface area contributed by atoms with Crippen molar-refractivity contribution in [2.45, 2.75) is 6.54 Å². The van der Waals surface area contributed by atoms with E-state index in [1.54, 1.807) is 24.5 Å². The van der Waals surface area contributed by atoms with Crippen LogP contribution in [0.1, 0.15) is 0 Å². The van der Waals surface area contributed by atoms with Crippen LogP contribution in [0.3, 0.4) is 0 Å². The van der Waals surface area contributed by atoms with Crippen LogP contribution in [0.15, 0.2) is 40.5 Å². The molecule has 1 N–H and O–H groups in total. The number of ether oxygens (including phenoxy) is 1. The largest absolute Gasteiger partial charge is 0.383 e. The van der Waals surface area contributed by atoms with Crippen molar-refractivity contribution in [3.05, 3.63) is 50.8 Å². The predicted octanol–water partition coefficient (Wildman–Crippen LogP) is 3.43. The Bertz CT molecular complexity index is 892. The molecule has 0 fully saturated rings. The van der Waals surface area contributed by atoms with Crippen molar-refractivity contribution in [1.29, 1.82) is 0 Å². The fourth-order valence-electron chi connectivity index (χ4n) is 2.37. The van der Waals surface area contributed by atoms with Crippen molar-refractivity contribution in [2.75, 3.05) is 13.7 Å². The number of benzene rings is 1. The van der Waals surface area contributed by atoms with Crippen LogP contribution in [-0.2, 0) is 11.3 Å². The number of methoxy groups -OCH3 is 1.